The molecule has 3 nitrogen and oxygen atoms in total. The van der Waals surface area contributed by atoms with Gasteiger partial charge < -0.3 is 5.32 Å². The minimum absolute atomic E-state index is 0.0357. The molecule has 0 saturated heterocycles. The Morgan fingerprint density at radius 3 is 2.50 bits per heavy atom. The summed E-state index contributed by atoms with van der Waals surface area (Å²) in [7, 11) is -3.24. The molecule has 0 fully saturated rings. The second-order valence-corrected chi connectivity index (χ2v) is 7.18. The Balaban J connectivity index is 2.23. The molecular weight excluding hydrogens is 270 g/mol. The third kappa shape index (κ3) is 3.58. The number of sulfone groups is 1. The molecule has 2 aromatic carbocycles. The maximum atomic E-state index is 12.4. The van der Waals surface area contributed by atoms with Crippen LogP contribution in [0.3, 0.4) is 0 Å². The maximum Gasteiger partial charge on any atom is 0.179 e. The van der Waals surface area contributed by atoms with Crippen LogP contribution in [0, 0.1) is 0 Å². The Hall–Kier alpha value is -1.39. The predicted molar refractivity (Wildman–Crippen MR) is 83.8 cm³/mol. The number of rotatable bonds is 6. The molecular formula is C16H21NO2S. The number of benzene rings is 2. The van der Waals surface area contributed by atoms with Crippen molar-refractivity contribution < 1.29 is 8.42 Å². The molecule has 0 spiro atoms. The summed E-state index contributed by atoms with van der Waals surface area (Å²) in [5, 5.41) is 5.24. The van der Waals surface area contributed by atoms with Crippen LogP contribution < -0.4 is 5.32 Å². The van der Waals surface area contributed by atoms with Crippen molar-refractivity contribution in [2.75, 3.05) is 12.3 Å². The summed E-state index contributed by atoms with van der Waals surface area (Å²) in [5.41, 5.74) is 0. The van der Waals surface area contributed by atoms with Crippen molar-refractivity contribution in [3.63, 3.8) is 0 Å². The third-order valence-electron chi connectivity index (χ3n) is 3.29. The van der Waals surface area contributed by atoms with Crippen LogP contribution in [0.15, 0.2) is 47.4 Å². The number of nitrogens with one attached hydrogen (secondary N) is 1. The molecule has 1 unspecified atom stereocenters. The molecule has 0 radical (unpaired) electrons. The molecule has 0 amide bonds. The standard InChI is InChI=1S/C16H21NO2S/c1-3-10-17-13(2)12-20(18,19)16-9-8-14-6-4-5-7-15(14)11-16/h4-9,11,13,17H,3,10,12H2,1-2H3. The van der Waals surface area contributed by atoms with E-state index in [9.17, 15) is 8.42 Å². The van der Waals surface area contributed by atoms with Gasteiger partial charge >= 0.3 is 0 Å². The first-order chi connectivity index (χ1) is 9.53. The van der Waals surface area contributed by atoms with E-state index in [0.29, 0.717) is 4.90 Å². The van der Waals surface area contributed by atoms with Crippen LogP contribution in [0.4, 0.5) is 0 Å². The average Bonchev–Trinajstić information content (AvgIpc) is 2.44. The molecule has 1 atom stereocenters. The Morgan fingerprint density at radius 2 is 1.80 bits per heavy atom. The summed E-state index contributed by atoms with van der Waals surface area (Å²) in [5.74, 6) is 0.130. The lowest BCUT2D eigenvalue weighted by Gasteiger charge is -2.13. The van der Waals surface area contributed by atoms with E-state index in [0.717, 1.165) is 23.7 Å². The van der Waals surface area contributed by atoms with Crippen molar-refractivity contribution in [3.05, 3.63) is 42.5 Å². The minimum atomic E-state index is -3.24. The van der Waals surface area contributed by atoms with E-state index in [2.05, 4.69) is 12.2 Å². The molecule has 2 rings (SSSR count). The molecule has 1 N–H and O–H groups in total. The van der Waals surface area contributed by atoms with E-state index in [-0.39, 0.29) is 11.8 Å². The number of hydrogen-bond donors (Lipinski definition) is 1. The summed E-state index contributed by atoms with van der Waals surface area (Å²) in [4.78, 5) is 0.404. The van der Waals surface area contributed by atoms with Crippen LogP contribution in [0.1, 0.15) is 20.3 Å². The molecule has 2 aromatic rings. The van der Waals surface area contributed by atoms with Gasteiger partial charge in [0.15, 0.2) is 9.84 Å². The minimum Gasteiger partial charge on any atom is -0.313 e. The smallest absolute Gasteiger partial charge is 0.179 e. The maximum absolute atomic E-state index is 12.4. The van der Waals surface area contributed by atoms with Crippen LogP contribution in [0.2, 0.25) is 0 Å². The van der Waals surface area contributed by atoms with Crippen molar-refractivity contribution >= 4 is 20.6 Å². The Labute approximate surface area is 120 Å². The number of fused-ring (bicyclic) bond motifs is 1. The van der Waals surface area contributed by atoms with Crippen molar-refractivity contribution in [1.82, 2.24) is 5.32 Å². The van der Waals surface area contributed by atoms with Crippen molar-refractivity contribution in [2.24, 2.45) is 0 Å². The second kappa shape index (κ2) is 6.37. The summed E-state index contributed by atoms with van der Waals surface area (Å²) in [6.45, 7) is 4.82. The second-order valence-electron chi connectivity index (χ2n) is 5.15. The van der Waals surface area contributed by atoms with E-state index >= 15 is 0 Å². The van der Waals surface area contributed by atoms with Gasteiger partial charge in [0.25, 0.3) is 0 Å². The highest BCUT2D eigenvalue weighted by molar-refractivity contribution is 7.91. The molecule has 20 heavy (non-hydrogen) atoms. The van der Waals surface area contributed by atoms with Gasteiger partial charge in [-0.3, -0.25) is 0 Å². The van der Waals surface area contributed by atoms with Crippen molar-refractivity contribution in [1.29, 1.82) is 0 Å². The molecule has 0 aromatic heterocycles. The third-order valence-corrected chi connectivity index (χ3v) is 5.20. The van der Waals surface area contributed by atoms with Crippen LogP contribution in [0.5, 0.6) is 0 Å². The van der Waals surface area contributed by atoms with Gasteiger partial charge in [0, 0.05) is 6.04 Å². The zero-order valence-electron chi connectivity index (χ0n) is 12.0. The van der Waals surface area contributed by atoms with Gasteiger partial charge in [0.05, 0.1) is 10.6 Å². The Kier molecular flexibility index (Phi) is 4.78. The fraction of sp³-hybridized carbons (Fsp3) is 0.375. The first-order valence-electron chi connectivity index (χ1n) is 6.98. The van der Waals surface area contributed by atoms with Gasteiger partial charge in [-0.1, -0.05) is 37.3 Å². The molecule has 0 bridgehead atoms. The van der Waals surface area contributed by atoms with Crippen LogP contribution >= 0.6 is 0 Å². The van der Waals surface area contributed by atoms with E-state index < -0.39 is 9.84 Å². The van der Waals surface area contributed by atoms with E-state index in [1.165, 1.54) is 0 Å². The molecule has 0 heterocycles. The summed E-state index contributed by atoms with van der Waals surface area (Å²) < 4.78 is 24.8. The Morgan fingerprint density at radius 1 is 1.10 bits per heavy atom. The molecule has 0 aliphatic carbocycles. The lowest BCUT2D eigenvalue weighted by molar-refractivity contribution is 0.555. The highest BCUT2D eigenvalue weighted by Crippen LogP contribution is 2.20. The highest BCUT2D eigenvalue weighted by atomic mass is 32.2. The Bertz CT molecular complexity index is 680. The zero-order valence-corrected chi connectivity index (χ0v) is 12.8. The van der Waals surface area contributed by atoms with E-state index in [1.54, 1.807) is 12.1 Å². The molecule has 108 valence electrons. The van der Waals surface area contributed by atoms with Gasteiger partial charge in [0.1, 0.15) is 0 Å². The van der Waals surface area contributed by atoms with Gasteiger partial charge in [-0.05, 0) is 42.8 Å². The fourth-order valence-electron chi connectivity index (χ4n) is 2.24. The lowest BCUT2D eigenvalue weighted by atomic mass is 10.1. The topological polar surface area (TPSA) is 46.2 Å². The first kappa shape index (κ1) is 15.0. The molecule has 0 aliphatic rings. The SMILES string of the molecule is CCCNC(C)CS(=O)(=O)c1ccc2ccccc2c1. The lowest BCUT2D eigenvalue weighted by Crippen LogP contribution is -2.33. The monoisotopic (exact) mass is 291 g/mol. The fourth-order valence-corrected chi connectivity index (χ4v) is 3.79. The predicted octanol–water partition coefficient (Wildman–Crippen LogP) is 3.00. The van der Waals surface area contributed by atoms with Crippen LogP contribution in [-0.2, 0) is 9.84 Å². The van der Waals surface area contributed by atoms with Crippen molar-refractivity contribution in [3.8, 4) is 0 Å². The zero-order chi connectivity index (χ0) is 14.6. The summed E-state index contributed by atoms with van der Waals surface area (Å²) >= 11 is 0. The van der Waals surface area contributed by atoms with Gasteiger partial charge in [-0.15, -0.1) is 0 Å². The van der Waals surface area contributed by atoms with Crippen LogP contribution in [0.25, 0.3) is 10.8 Å². The van der Waals surface area contributed by atoms with Gasteiger partial charge in [0.2, 0.25) is 0 Å². The average molecular weight is 291 g/mol. The van der Waals surface area contributed by atoms with Gasteiger partial charge in [-0.2, -0.15) is 0 Å². The number of hydrogen-bond acceptors (Lipinski definition) is 3. The largest absolute Gasteiger partial charge is 0.313 e. The van der Waals surface area contributed by atoms with E-state index in [1.807, 2.05) is 37.3 Å². The van der Waals surface area contributed by atoms with Gasteiger partial charge in [-0.25, -0.2) is 8.42 Å². The van der Waals surface area contributed by atoms with E-state index in [4.69, 9.17) is 0 Å². The summed E-state index contributed by atoms with van der Waals surface area (Å²) in [6, 6.07) is 13.1. The normalized spacial score (nSPS) is 13.5. The summed E-state index contributed by atoms with van der Waals surface area (Å²) in [6.07, 6.45) is 1.00. The van der Waals surface area contributed by atoms with Crippen molar-refractivity contribution in [2.45, 2.75) is 31.2 Å². The molecule has 0 saturated carbocycles. The molecule has 0 aliphatic heterocycles. The first-order valence-corrected chi connectivity index (χ1v) is 8.63. The molecule has 4 heteroatoms. The highest BCUT2D eigenvalue weighted by Gasteiger charge is 2.18. The quantitative estimate of drug-likeness (QED) is 0.890. The van der Waals surface area contributed by atoms with Crippen LogP contribution in [-0.4, -0.2) is 26.8 Å².